The van der Waals surface area contributed by atoms with Crippen molar-refractivity contribution in [2.45, 2.75) is 53.9 Å². The molecule has 102 valence electrons. The van der Waals surface area contributed by atoms with Crippen LogP contribution in [0.3, 0.4) is 0 Å². The lowest BCUT2D eigenvalue weighted by Crippen LogP contribution is -2.01. The first-order chi connectivity index (χ1) is 8.45. The third-order valence-corrected chi connectivity index (χ3v) is 2.40. The van der Waals surface area contributed by atoms with Gasteiger partial charge in [0, 0.05) is 6.08 Å². The first kappa shape index (κ1) is 16.7. The van der Waals surface area contributed by atoms with Gasteiger partial charge in [0.1, 0.15) is 0 Å². The summed E-state index contributed by atoms with van der Waals surface area (Å²) in [6, 6.07) is 0. The fourth-order valence-corrected chi connectivity index (χ4v) is 1.47. The van der Waals surface area contributed by atoms with Crippen molar-refractivity contribution in [2.24, 2.45) is 0 Å². The quantitative estimate of drug-likeness (QED) is 0.375. The highest BCUT2D eigenvalue weighted by atomic mass is 16.5. The Balaban J connectivity index is 4.56. The fourth-order valence-electron chi connectivity index (χ4n) is 1.47. The number of carbonyl (C=O) groups excluding carboxylic acids is 1. The summed E-state index contributed by atoms with van der Waals surface area (Å²) in [6.07, 6.45) is 8.70. The normalized spacial score (nSPS) is 10.8. The molecular weight excluding hydrogens is 224 g/mol. The predicted octanol–water partition coefficient (Wildman–Crippen LogP) is 4.58. The van der Waals surface area contributed by atoms with E-state index in [1.807, 2.05) is 6.92 Å². The maximum Gasteiger partial charge on any atom is 0.330 e. The zero-order valence-corrected chi connectivity index (χ0v) is 12.4. The van der Waals surface area contributed by atoms with Gasteiger partial charge in [0.05, 0.1) is 6.61 Å². The number of allylic oxidation sites excluding steroid dienone is 5. The Hall–Kier alpha value is -1.31. The molecule has 0 rings (SSSR count). The Bertz CT molecular complexity index is 338. The van der Waals surface area contributed by atoms with E-state index in [0.717, 1.165) is 24.8 Å². The molecule has 0 saturated carbocycles. The number of ether oxygens (including phenoxy) is 1. The Morgan fingerprint density at radius 3 is 2.17 bits per heavy atom. The van der Waals surface area contributed by atoms with Crippen molar-refractivity contribution < 1.29 is 9.53 Å². The second kappa shape index (κ2) is 9.69. The summed E-state index contributed by atoms with van der Waals surface area (Å²) in [5.41, 5.74) is 3.71. The Kier molecular flexibility index (Phi) is 8.99. The molecule has 0 aromatic rings. The monoisotopic (exact) mass is 250 g/mol. The van der Waals surface area contributed by atoms with Crippen LogP contribution in [0.15, 0.2) is 34.9 Å². The highest BCUT2D eigenvalue weighted by Gasteiger charge is 2.01. The SMILES string of the molecule is CCOC(=O)/C=C(/CC=C(C)C)CCC=C(C)C. The second-order valence-electron chi connectivity index (χ2n) is 4.86. The maximum atomic E-state index is 11.5. The van der Waals surface area contributed by atoms with Crippen LogP contribution in [-0.4, -0.2) is 12.6 Å². The number of esters is 1. The Labute approximate surface area is 111 Å². The largest absolute Gasteiger partial charge is 0.463 e. The molecule has 0 spiro atoms. The average Bonchev–Trinajstić information content (AvgIpc) is 2.25. The first-order valence-electron chi connectivity index (χ1n) is 6.58. The minimum absolute atomic E-state index is 0.230. The molecule has 18 heavy (non-hydrogen) atoms. The Morgan fingerprint density at radius 1 is 1.06 bits per heavy atom. The van der Waals surface area contributed by atoms with Gasteiger partial charge >= 0.3 is 5.97 Å². The van der Waals surface area contributed by atoms with Crippen molar-refractivity contribution >= 4 is 5.97 Å². The summed E-state index contributed by atoms with van der Waals surface area (Å²) in [7, 11) is 0. The van der Waals surface area contributed by atoms with Crippen molar-refractivity contribution in [3.63, 3.8) is 0 Å². The number of hydrogen-bond donors (Lipinski definition) is 0. The maximum absolute atomic E-state index is 11.5. The molecule has 0 saturated heterocycles. The van der Waals surface area contributed by atoms with E-state index in [1.165, 1.54) is 11.1 Å². The molecule has 0 aliphatic heterocycles. The summed E-state index contributed by atoms with van der Waals surface area (Å²) in [5.74, 6) is -0.230. The number of carbonyl (C=O) groups is 1. The van der Waals surface area contributed by atoms with Gasteiger partial charge < -0.3 is 4.74 Å². The van der Waals surface area contributed by atoms with Crippen LogP contribution in [0.25, 0.3) is 0 Å². The van der Waals surface area contributed by atoms with Gasteiger partial charge in [-0.25, -0.2) is 4.79 Å². The van der Waals surface area contributed by atoms with E-state index in [4.69, 9.17) is 4.74 Å². The van der Waals surface area contributed by atoms with E-state index in [1.54, 1.807) is 6.08 Å². The summed E-state index contributed by atoms with van der Waals surface area (Å²) in [4.78, 5) is 11.5. The van der Waals surface area contributed by atoms with Crippen LogP contribution in [0.4, 0.5) is 0 Å². The molecule has 0 N–H and O–H groups in total. The molecule has 0 aliphatic rings. The molecule has 0 heterocycles. The van der Waals surface area contributed by atoms with Crippen LogP contribution in [0, 0.1) is 0 Å². The van der Waals surface area contributed by atoms with Gasteiger partial charge in [-0.1, -0.05) is 28.9 Å². The molecule has 0 bridgehead atoms. The van der Waals surface area contributed by atoms with Crippen molar-refractivity contribution in [1.82, 2.24) is 0 Å². The van der Waals surface area contributed by atoms with E-state index in [9.17, 15) is 4.79 Å². The van der Waals surface area contributed by atoms with Crippen molar-refractivity contribution in [3.05, 3.63) is 34.9 Å². The fraction of sp³-hybridized carbons (Fsp3) is 0.562. The third kappa shape index (κ3) is 9.88. The molecule has 0 radical (unpaired) electrons. The predicted molar refractivity (Wildman–Crippen MR) is 77.4 cm³/mol. The van der Waals surface area contributed by atoms with Gasteiger partial charge in [0.15, 0.2) is 0 Å². The van der Waals surface area contributed by atoms with Crippen molar-refractivity contribution in [3.8, 4) is 0 Å². The summed E-state index contributed by atoms with van der Waals surface area (Å²) in [5, 5.41) is 0. The molecule has 0 unspecified atom stereocenters. The highest BCUT2D eigenvalue weighted by Crippen LogP contribution is 2.14. The van der Waals surface area contributed by atoms with E-state index in [0.29, 0.717) is 6.61 Å². The third-order valence-electron chi connectivity index (χ3n) is 2.40. The summed E-state index contributed by atoms with van der Waals surface area (Å²) >= 11 is 0. The average molecular weight is 250 g/mol. The molecule has 0 fully saturated rings. The molecule has 2 heteroatoms. The Morgan fingerprint density at radius 2 is 1.67 bits per heavy atom. The van der Waals surface area contributed by atoms with Crippen LogP contribution in [0.2, 0.25) is 0 Å². The molecule has 0 aromatic heterocycles. The zero-order valence-electron chi connectivity index (χ0n) is 12.4. The summed E-state index contributed by atoms with van der Waals surface area (Å²) < 4.78 is 4.96. The van der Waals surface area contributed by atoms with Crippen molar-refractivity contribution in [2.75, 3.05) is 6.61 Å². The van der Waals surface area contributed by atoms with Crippen LogP contribution in [-0.2, 0) is 9.53 Å². The topological polar surface area (TPSA) is 26.3 Å². The minimum atomic E-state index is -0.230. The van der Waals surface area contributed by atoms with Gasteiger partial charge in [0.25, 0.3) is 0 Å². The van der Waals surface area contributed by atoms with Gasteiger partial charge in [-0.3, -0.25) is 0 Å². The van der Waals surface area contributed by atoms with Crippen LogP contribution < -0.4 is 0 Å². The lowest BCUT2D eigenvalue weighted by molar-refractivity contribution is -0.137. The second-order valence-corrected chi connectivity index (χ2v) is 4.86. The lowest BCUT2D eigenvalue weighted by Gasteiger charge is -2.04. The van der Waals surface area contributed by atoms with Gasteiger partial charge in [-0.15, -0.1) is 0 Å². The van der Waals surface area contributed by atoms with Gasteiger partial charge in [-0.2, -0.15) is 0 Å². The van der Waals surface area contributed by atoms with Gasteiger partial charge in [0.2, 0.25) is 0 Å². The van der Waals surface area contributed by atoms with E-state index in [-0.39, 0.29) is 5.97 Å². The van der Waals surface area contributed by atoms with E-state index >= 15 is 0 Å². The smallest absolute Gasteiger partial charge is 0.330 e. The highest BCUT2D eigenvalue weighted by molar-refractivity contribution is 5.82. The van der Waals surface area contributed by atoms with Crippen molar-refractivity contribution in [1.29, 1.82) is 0 Å². The molecule has 2 nitrogen and oxygen atoms in total. The van der Waals surface area contributed by atoms with Crippen LogP contribution >= 0.6 is 0 Å². The molecule has 0 aliphatic carbocycles. The van der Waals surface area contributed by atoms with Crippen LogP contribution in [0.5, 0.6) is 0 Å². The zero-order chi connectivity index (χ0) is 14.0. The number of rotatable bonds is 7. The molecule has 0 amide bonds. The van der Waals surface area contributed by atoms with E-state index < -0.39 is 0 Å². The summed E-state index contributed by atoms with van der Waals surface area (Å²) in [6.45, 7) is 10.6. The number of hydrogen-bond acceptors (Lipinski definition) is 2. The van der Waals surface area contributed by atoms with Gasteiger partial charge in [-0.05, 0) is 53.9 Å². The van der Waals surface area contributed by atoms with E-state index in [2.05, 4.69) is 39.8 Å². The molecule has 0 atom stereocenters. The lowest BCUT2D eigenvalue weighted by atomic mass is 10.0. The molecule has 0 aromatic carbocycles. The minimum Gasteiger partial charge on any atom is -0.463 e. The van der Waals surface area contributed by atoms with Crippen LogP contribution in [0.1, 0.15) is 53.9 Å². The first-order valence-corrected chi connectivity index (χ1v) is 6.58. The molecular formula is C16H26O2. The standard InChI is InChI=1S/C16H26O2/c1-6-18-16(17)12-15(11-10-14(4)5)9-7-8-13(2)3/h8,10,12H,6-7,9,11H2,1-5H3/b15-12+.